The van der Waals surface area contributed by atoms with E-state index in [4.69, 9.17) is 5.73 Å². The molecule has 1 aliphatic rings. The largest absolute Gasteiger partial charge is 0.368 e. The number of anilines is 1. The van der Waals surface area contributed by atoms with E-state index in [-0.39, 0.29) is 0 Å². The van der Waals surface area contributed by atoms with Gasteiger partial charge in [-0.1, -0.05) is 41.6 Å². The molecule has 0 unspecified atom stereocenters. The van der Waals surface area contributed by atoms with Crippen molar-refractivity contribution in [2.45, 2.75) is 36.7 Å². The van der Waals surface area contributed by atoms with Crippen molar-refractivity contribution >= 4 is 17.7 Å². The SMILES string of the molecule is Cc1ccc(CSc2nnc(N)n2C2CC2)cc1. The summed E-state index contributed by atoms with van der Waals surface area (Å²) in [5, 5.41) is 9.07. The quantitative estimate of drug-likeness (QED) is 0.859. The molecule has 2 N–H and O–H groups in total. The fourth-order valence-corrected chi connectivity index (χ4v) is 2.86. The minimum absolute atomic E-state index is 0.528. The summed E-state index contributed by atoms with van der Waals surface area (Å²) < 4.78 is 2.07. The van der Waals surface area contributed by atoms with Gasteiger partial charge in [0, 0.05) is 11.8 Å². The summed E-state index contributed by atoms with van der Waals surface area (Å²) in [6.07, 6.45) is 2.39. The van der Waals surface area contributed by atoms with Gasteiger partial charge in [0.05, 0.1) is 0 Å². The molecule has 0 spiro atoms. The van der Waals surface area contributed by atoms with Crippen LogP contribution in [-0.4, -0.2) is 14.8 Å². The van der Waals surface area contributed by atoms with Crippen LogP contribution in [0.15, 0.2) is 29.4 Å². The molecule has 1 aromatic carbocycles. The summed E-state index contributed by atoms with van der Waals surface area (Å²) in [6.45, 7) is 2.10. The lowest BCUT2D eigenvalue weighted by Crippen LogP contribution is -2.02. The van der Waals surface area contributed by atoms with Crippen molar-refractivity contribution in [3.05, 3.63) is 35.4 Å². The molecule has 2 aromatic rings. The van der Waals surface area contributed by atoms with Crippen LogP contribution in [0.5, 0.6) is 0 Å². The number of benzene rings is 1. The fourth-order valence-electron chi connectivity index (χ4n) is 1.89. The molecular formula is C13H16N4S. The van der Waals surface area contributed by atoms with Gasteiger partial charge in [0.25, 0.3) is 0 Å². The molecule has 1 fully saturated rings. The van der Waals surface area contributed by atoms with E-state index in [0.717, 1.165) is 10.9 Å². The van der Waals surface area contributed by atoms with Gasteiger partial charge in [-0.25, -0.2) is 0 Å². The maximum atomic E-state index is 5.85. The first kappa shape index (κ1) is 11.6. The van der Waals surface area contributed by atoms with Gasteiger partial charge in [0.2, 0.25) is 5.95 Å². The topological polar surface area (TPSA) is 56.7 Å². The van der Waals surface area contributed by atoms with Gasteiger partial charge in [-0.2, -0.15) is 0 Å². The van der Waals surface area contributed by atoms with Crippen LogP contribution >= 0.6 is 11.8 Å². The van der Waals surface area contributed by atoms with E-state index in [2.05, 4.69) is 46.0 Å². The minimum Gasteiger partial charge on any atom is -0.368 e. The number of rotatable bonds is 4. The molecule has 1 aromatic heterocycles. The van der Waals surface area contributed by atoms with E-state index < -0.39 is 0 Å². The predicted molar refractivity (Wildman–Crippen MR) is 73.4 cm³/mol. The van der Waals surface area contributed by atoms with E-state index in [9.17, 15) is 0 Å². The number of thioether (sulfide) groups is 1. The summed E-state index contributed by atoms with van der Waals surface area (Å²) in [5.41, 5.74) is 8.43. The maximum absolute atomic E-state index is 5.85. The van der Waals surface area contributed by atoms with Crippen LogP contribution in [0, 0.1) is 6.92 Å². The minimum atomic E-state index is 0.528. The van der Waals surface area contributed by atoms with Crippen molar-refractivity contribution in [1.29, 1.82) is 0 Å². The van der Waals surface area contributed by atoms with Crippen molar-refractivity contribution in [3.8, 4) is 0 Å². The van der Waals surface area contributed by atoms with E-state index in [1.54, 1.807) is 11.8 Å². The number of nitrogen functional groups attached to an aromatic ring is 1. The Kier molecular flexibility index (Phi) is 2.99. The molecule has 18 heavy (non-hydrogen) atoms. The molecule has 5 heteroatoms. The Balaban J connectivity index is 1.71. The molecular weight excluding hydrogens is 244 g/mol. The normalized spacial score (nSPS) is 14.9. The van der Waals surface area contributed by atoms with Crippen molar-refractivity contribution in [3.63, 3.8) is 0 Å². The van der Waals surface area contributed by atoms with Crippen LogP contribution in [0.1, 0.15) is 30.0 Å². The van der Waals surface area contributed by atoms with E-state index in [1.807, 2.05) is 0 Å². The predicted octanol–water partition coefficient (Wildman–Crippen LogP) is 2.80. The third-order valence-corrected chi connectivity index (χ3v) is 4.11. The van der Waals surface area contributed by atoms with Gasteiger partial charge in [-0.05, 0) is 25.3 Å². The number of aromatic nitrogens is 3. The molecule has 1 heterocycles. The van der Waals surface area contributed by atoms with Gasteiger partial charge >= 0.3 is 0 Å². The van der Waals surface area contributed by atoms with Crippen molar-refractivity contribution in [2.75, 3.05) is 5.73 Å². The van der Waals surface area contributed by atoms with Crippen molar-refractivity contribution in [2.24, 2.45) is 0 Å². The average molecular weight is 260 g/mol. The Hall–Kier alpha value is -1.49. The first-order chi connectivity index (χ1) is 8.74. The molecule has 94 valence electrons. The molecule has 0 amide bonds. The Bertz CT molecular complexity index is 543. The highest BCUT2D eigenvalue weighted by atomic mass is 32.2. The highest BCUT2D eigenvalue weighted by molar-refractivity contribution is 7.98. The highest BCUT2D eigenvalue weighted by Crippen LogP contribution is 2.39. The Labute approximate surface area is 111 Å². The Morgan fingerprint density at radius 1 is 1.28 bits per heavy atom. The van der Waals surface area contributed by atoms with Gasteiger partial charge < -0.3 is 5.73 Å². The van der Waals surface area contributed by atoms with Crippen molar-refractivity contribution in [1.82, 2.24) is 14.8 Å². The second-order valence-corrected chi connectivity index (χ2v) is 5.66. The third-order valence-electron chi connectivity index (χ3n) is 3.09. The molecule has 1 saturated carbocycles. The van der Waals surface area contributed by atoms with Crippen LogP contribution in [0.25, 0.3) is 0 Å². The first-order valence-corrected chi connectivity index (χ1v) is 7.11. The van der Waals surface area contributed by atoms with Crippen LogP contribution in [0.4, 0.5) is 5.95 Å². The fraction of sp³-hybridized carbons (Fsp3) is 0.385. The monoisotopic (exact) mass is 260 g/mol. The Morgan fingerprint density at radius 3 is 2.67 bits per heavy atom. The van der Waals surface area contributed by atoms with Crippen LogP contribution in [0.3, 0.4) is 0 Å². The lowest BCUT2D eigenvalue weighted by atomic mass is 10.2. The van der Waals surface area contributed by atoms with E-state index in [1.165, 1.54) is 24.0 Å². The lowest BCUT2D eigenvalue weighted by Gasteiger charge is -2.06. The summed E-state index contributed by atoms with van der Waals surface area (Å²) in [7, 11) is 0. The maximum Gasteiger partial charge on any atom is 0.222 e. The summed E-state index contributed by atoms with van der Waals surface area (Å²) in [6, 6.07) is 9.11. The Morgan fingerprint density at radius 2 is 2.00 bits per heavy atom. The van der Waals surface area contributed by atoms with Gasteiger partial charge in [0.15, 0.2) is 5.16 Å². The van der Waals surface area contributed by atoms with Gasteiger partial charge in [-0.15, -0.1) is 10.2 Å². The summed E-state index contributed by atoms with van der Waals surface area (Å²) in [5.74, 6) is 1.45. The van der Waals surface area contributed by atoms with Crippen LogP contribution in [-0.2, 0) is 5.75 Å². The number of aryl methyl sites for hydroxylation is 1. The third kappa shape index (κ3) is 2.36. The zero-order chi connectivity index (χ0) is 12.5. The second-order valence-electron chi connectivity index (χ2n) is 4.72. The van der Waals surface area contributed by atoms with Gasteiger partial charge in [-0.3, -0.25) is 4.57 Å². The number of nitrogens with two attached hydrogens (primary N) is 1. The summed E-state index contributed by atoms with van der Waals surface area (Å²) in [4.78, 5) is 0. The van der Waals surface area contributed by atoms with Gasteiger partial charge in [0.1, 0.15) is 0 Å². The lowest BCUT2D eigenvalue weighted by molar-refractivity contribution is 0.671. The molecule has 0 radical (unpaired) electrons. The zero-order valence-electron chi connectivity index (χ0n) is 10.3. The summed E-state index contributed by atoms with van der Waals surface area (Å²) >= 11 is 1.70. The molecule has 4 nitrogen and oxygen atoms in total. The number of hydrogen-bond acceptors (Lipinski definition) is 4. The number of nitrogens with zero attached hydrogens (tertiary/aromatic N) is 3. The second kappa shape index (κ2) is 4.65. The molecule has 1 aliphatic carbocycles. The van der Waals surface area contributed by atoms with Crippen molar-refractivity contribution < 1.29 is 0 Å². The molecule has 0 saturated heterocycles. The smallest absolute Gasteiger partial charge is 0.222 e. The molecule has 0 aliphatic heterocycles. The molecule has 0 bridgehead atoms. The molecule has 0 atom stereocenters. The van der Waals surface area contributed by atoms with Crippen LogP contribution < -0.4 is 5.73 Å². The average Bonchev–Trinajstić information content (AvgIpc) is 3.13. The number of hydrogen-bond donors (Lipinski definition) is 1. The molecule has 3 rings (SSSR count). The van der Waals surface area contributed by atoms with E-state index >= 15 is 0 Å². The van der Waals surface area contributed by atoms with E-state index in [0.29, 0.717) is 12.0 Å². The highest BCUT2D eigenvalue weighted by Gasteiger charge is 2.28. The standard InChI is InChI=1S/C13H16N4S/c1-9-2-4-10(5-3-9)8-18-13-16-15-12(14)17(13)11-6-7-11/h2-5,11H,6-8H2,1H3,(H2,14,15). The first-order valence-electron chi connectivity index (χ1n) is 6.13. The van der Waals surface area contributed by atoms with Crippen LogP contribution in [0.2, 0.25) is 0 Å². The zero-order valence-corrected chi connectivity index (χ0v) is 11.2.